The number of rotatable bonds is 7. The molecular formula is C22H31IN4O3. The number of carbonyl (C=O) groups excluding carboxylic acids is 1. The van der Waals surface area contributed by atoms with Gasteiger partial charge in [-0.05, 0) is 37.5 Å². The summed E-state index contributed by atoms with van der Waals surface area (Å²) in [7, 11) is 0. The number of furan rings is 1. The van der Waals surface area contributed by atoms with Crippen molar-refractivity contribution in [1.82, 2.24) is 15.5 Å². The first-order valence-corrected chi connectivity index (χ1v) is 10.3. The fourth-order valence-corrected chi connectivity index (χ4v) is 3.28. The van der Waals surface area contributed by atoms with E-state index in [9.17, 15) is 4.79 Å². The summed E-state index contributed by atoms with van der Waals surface area (Å²) >= 11 is 0. The second-order valence-electron chi connectivity index (χ2n) is 7.01. The maximum Gasteiger partial charge on any atom is 0.409 e. The molecular weight excluding hydrogens is 495 g/mol. The molecule has 0 unspecified atom stereocenters. The number of guanidine groups is 1. The number of aliphatic imine (C=N–C) groups is 1. The van der Waals surface area contributed by atoms with Gasteiger partial charge in [0.2, 0.25) is 0 Å². The second-order valence-corrected chi connectivity index (χ2v) is 7.01. The maximum atomic E-state index is 11.9. The van der Waals surface area contributed by atoms with Crippen molar-refractivity contribution in [3.8, 4) is 0 Å². The number of halogens is 1. The van der Waals surface area contributed by atoms with E-state index < -0.39 is 0 Å². The Balaban J connectivity index is 0.00000320. The summed E-state index contributed by atoms with van der Waals surface area (Å²) in [5.41, 5.74) is 1.16. The summed E-state index contributed by atoms with van der Waals surface area (Å²) in [6.45, 7) is 4.96. The van der Waals surface area contributed by atoms with Crippen molar-refractivity contribution in [1.29, 1.82) is 0 Å². The van der Waals surface area contributed by atoms with Crippen LogP contribution in [0.1, 0.15) is 31.1 Å². The zero-order valence-electron chi connectivity index (χ0n) is 17.4. The fourth-order valence-electron chi connectivity index (χ4n) is 3.28. The van der Waals surface area contributed by atoms with Gasteiger partial charge in [0, 0.05) is 32.1 Å². The van der Waals surface area contributed by atoms with E-state index in [0.717, 1.165) is 43.1 Å². The van der Waals surface area contributed by atoms with Crippen LogP contribution in [-0.2, 0) is 17.7 Å². The lowest BCUT2D eigenvalue weighted by atomic mass is 10.1. The molecule has 8 heteroatoms. The highest BCUT2D eigenvalue weighted by molar-refractivity contribution is 14.0. The average molecular weight is 526 g/mol. The van der Waals surface area contributed by atoms with Crippen LogP contribution in [0.5, 0.6) is 0 Å². The summed E-state index contributed by atoms with van der Waals surface area (Å²) < 4.78 is 10.5. The minimum atomic E-state index is -0.222. The van der Waals surface area contributed by atoms with Crippen LogP contribution < -0.4 is 10.6 Å². The molecule has 7 nitrogen and oxygen atoms in total. The zero-order valence-corrected chi connectivity index (χ0v) is 19.7. The number of likely N-dealkylation sites (tertiary alicyclic amines) is 1. The Bertz CT molecular complexity index is 760. The molecule has 0 atom stereocenters. The van der Waals surface area contributed by atoms with E-state index in [0.29, 0.717) is 26.2 Å². The molecule has 0 saturated carbocycles. The van der Waals surface area contributed by atoms with E-state index in [-0.39, 0.29) is 36.1 Å². The maximum absolute atomic E-state index is 11.9. The van der Waals surface area contributed by atoms with E-state index in [1.54, 1.807) is 11.2 Å². The molecule has 30 heavy (non-hydrogen) atoms. The third-order valence-corrected chi connectivity index (χ3v) is 4.87. The van der Waals surface area contributed by atoms with Gasteiger partial charge in [-0.3, -0.25) is 0 Å². The monoisotopic (exact) mass is 526 g/mol. The van der Waals surface area contributed by atoms with Gasteiger partial charge in [-0.25, -0.2) is 9.79 Å². The van der Waals surface area contributed by atoms with E-state index in [1.807, 2.05) is 37.3 Å². The van der Waals surface area contributed by atoms with Gasteiger partial charge in [0.25, 0.3) is 0 Å². The van der Waals surface area contributed by atoms with Gasteiger partial charge in [-0.2, -0.15) is 0 Å². The Morgan fingerprint density at radius 3 is 2.63 bits per heavy atom. The third-order valence-electron chi connectivity index (χ3n) is 4.87. The van der Waals surface area contributed by atoms with Crippen LogP contribution >= 0.6 is 24.0 Å². The number of carbonyl (C=O) groups is 1. The molecule has 1 aliphatic heterocycles. The summed E-state index contributed by atoms with van der Waals surface area (Å²) in [5.74, 6) is 1.73. The summed E-state index contributed by atoms with van der Waals surface area (Å²) in [6, 6.07) is 14.3. The van der Waals surface area contributed by atoms with Crippen LogP contribution in [0.4, 0.5) is 4.79 Å². The number of piperidine rings is 1. The molecule has 1 amide bonds. The predicted octanol–water partition coefficient (Wildman–Crippen LogP) is 3.80. The van der Waals surface area contributed by atoms with Gasteiger partial charge in [-0.1, -0.05) is 30.3 Å². The number of hydrogen-bond acceptors (Lipinski definition) is 4. The zero-order chi connectivity index (χ0) is 20.3. The lowest BCUT2D eigenvalue weighted by Gasteiger charge is -2.32. The molecule has 2 aromatic rings. The molecule has 164 valence electrons. The molecule has 1 aromatic heterocycles. The van der Waals surface area contributed by atoms with Crippen LogP contribution in [0.15, 0.2) is 58.1 Å². The summed E-state index contributed by atoms with van der Waals surface area (Å²) in [6.07, 6.45) is 3.99. The SMILES string of the molecule is CCOC(=O)N1CCC(NC(=NCc2ccccc2)NCCc2ccco2)CC1.I. The fraction of sp³-hybridized carbons (Fsp3) is 0.455. The van der Waals surface area contributed by atoms with Gasteiger partial charge in [0.15, 0.2) is 5.96 Å². The first kappa shape index (κ1) is 24.0. The number of nitrogens with zero attached hydrogens (tertiary/aromatic N) is 2. The lowest BCUT2D eigenvalue weighted by Crippen LogP contribution is -2.50. The molecule has 3 rings (SSSR count). The number of benzene rings is 1. The molecule has 1 saturated heterocycles. The first-order valence-electron chi connectivity index (χ1n) is 10.3. The van der Waals surface area contributed by atoms with Crippen LogP contribution in [0.3, 0.4) is 0 Å². The standard InChI is InChI=1S/C22H30N4O3.HI/c1-2-28-22(27)26-14-11-19(12-15-26)25-21(23-13-10-20-9-6-16-29-20)24-17-18-7-4-3-5-8-18;/h3-9,16,19H,2,10-15,17H2,1H3,(H2,23,24,25);1H. The van der Waals surface area contributed by atoms with Crippen molar-refractivity contribution < 1.29 is 13.9 Å². The number of hydrogen-bond donors (Lipinski definition) is 2. The number of amides is 1. The Morgan fingerprint density at radius 1 is 1.20 bits per heavy atom. The Labute approximate surface area is 195 Å². The van der Waals surface area contributed by atoms with Gasteiger partial charge < -0.3 is 24.7 Å². The quantitative estimate of drug-likeness (QED) is 0.326. The second kappa shape index (κ2) is 13.1. The number of ether oxygens (including phenoxy) is 1. The highest BCUT2D eigenvalue weighted by atomic mass is 127. The average Bonchev–Trinajstić information content (AvgIpc) is 3.27. The smallest absolute Gasteiger partial charge is 0.409 e. The lowest BCUT2D eigenvalue weighted by molar-refractivity contribution is 0.0963. The molecule has 2 N–H and O–H groups in total. The van der Waals surface area contributed by atoms with Crippen molar-refractivity contribution >= 4 is 36.0 Å². The van der Waals surface area contributed by atoms with Crippen molar-refractivity contribution in [2.45, 2.75) is 38.8 Å². The first-order chi connectivity index (χ1) is 14.2. The van der Waals surface area contributed by atoms with Crippen LogP contribution in [-0.4, -0.2) is 49.2 Å². The van der Waals surface area contributed by atoms with Crippen LogP contribution in [0.25, 0.3) is 0 Å². The molecule has 0 spiro atoms. The number of nitrogens with one attached hydrogen (secondary N) is 2. The van der Waals surface area contributed by atoms with E-state index >= 15 is 0 Å². The summed E-state index contributed by atoms with van der Waals surface area (Å²) in [4.78, 5) is 18.4. The van der Waals surface area contributed by atoms with Gasteiger partial charge in [-0.15, -0.1) is 24.0 Å². The minimum absolute atomic E-state index is 0. The summed E-state index contributed by atoms with van der Waals surface area (Å²) in [5, 5.41) is 6.93. The van der Waals surface area contributed by atoms with Crippen LogP contribution in [0.2, 0.25) is 0 Å². The molecule has 0 aliphatic carbocycles. The van der Waals surface area contributed by atoms with E-state index in [2.05, 4.69) is 22.8 Å². The molecule has 1 aromatic carbocycles. The van der Waals surface area contributed by atoms with Gasteiger partial charge in [0.1, 0.15) is 5.76 Å². The third kappa shape index (κ3) is 7.89. The minimum Gasteiger partial charge on any atom is -0.469 e. The van der Waals surface area contributed by atoms with Gasteiger partial charge >= 0.3 is 6.09 Å². The van der Waals surface area contributed by atoms with E-state index in [4.69, 9.17) is 14.1 Å². The Hall–Kier alpha value is -2.23. The molecule has 2 heterocycles. The Morgan fingerprint density at radius 2 is 1.97 bits per heavy atom. The van der Waals surface area contributed by atoms with Crippen molar-refractivity contribution in [3.05, 3.63) is 60.1 Å². The molecule has 0 bridgehead atoms. The molecule has 1 fully saturated rings. The topological polar surface area (TPSA) is 79.1 Å². The van der Waals surface area contributed by atoms with Crippen molar-refractivity contribution in [2.75, 3.05) is 26.2 Å². The molecule has 0 radical (unpaired) electrons. The van der Waals surface area contributed by atoms with Crippen molar-refractivity contribution in [2.24, 2.45) is 4.99 Å². The van der Waals surface area contributed by atoms with Crippen molar-refractivity contribution in [3.63, 3.8) is 0 Å². The Kier molecular flexibility index (Phi) is 10.5. The highest BCUT2D eigenvalue weighted by Gasteiger charge is 2.24. The van der Waals surface area contributed by atoms with Crippen LogP contribution in [0, 0.1) is 0 Å². The predicted molar refractivity (Wildman–Crippen MR) is 128 cm³/mol. The van der Waals surface area contributed by atoms with Gasteiger partial charge in [0.05, 0.1) is 19.4 Å². The molecule has 1 aliphatic rings. The largest absolute Gasteiger partial charge is 0.469 e. The van der Waals surface area contributed by atoms with E-state index in [1.165, 1.54) is 0 Å². The highest BCUT2D eigenvalue weighted by Crippen LogP contribution is 2.12. The normalized spacial score (nSPS) is 14.7.